The van der Waals surface area contributed by atoms with Crippen LogP contribution >= 0.6 is 0 Å². The predicted molar refractivity (Wildman–Crippen MR) is 215 cm³/mol. The Morgan fingerprint density at radius 3 is 1.18 bits per heavy atom. The maximum Gasteiger partial charge on any atom is 2.00 e. The fraction of sp³-hybridized carbons (Fsp3) is 0.609. The van der Waals surface area contributed by atoms with Crippen LogP contribution in [-0.4, -0.2) is 4.70 Å². The molecule has 278 valence electrons. The van der Waals surface area contributed by atoms with Gasteiger partial charge in [0, 0.05) is 22.3 Å². The summed E-state index contributed by atoms with van der Waals surface area (Å²) in [5.74, 6) is 0. The topological polar surface area (TPSA) is 25.3 Å². The van der Waals surface area contributed by atoms with Crippen molar-refractivity contribution in [3.63, 3.8) is 0 Å². The SMILES string of the molecule is CCCCCCCCCCCCC1=C(c2cccc(CCCCC)c2)[N+](=[N-])C(c2cccc(CCCCC)c2)=C1CCCC.[CH2-]C.[CH2-]C.[Ni+2]. The van der Waals surface area contributed by atoms with Gasteiger partial charge in [-0.1, -0.05) is 142 Å². The van der Waals surface area contributed by atoms with Gasteiger partial charge in [-0.05, 0) is 86.8 Å². The number of hydrogen-bond acceptors (Lipinski definition) is 0. The zero-order chi connectivity index (χ0) is 35.4. The molecule has 0 saturated carbocycles. The number of benzene rings is 2. The van der Waals surface area contributed by atoms with E-state index in [1.54, 1.807) is 18.5 Å². The van der Waals surface area contributed by atoms with Crippen LogP contribution in [0.3, 0.4) is 0 Å². The Hall–Kier alpha value is -1.99. The quantitative estimate of drug-likeness (QED) is 0.0448. The summed E-state index contributed by atoms with van der Waals surface area (Å²) < 4.78 is 1.59. The summed E-state index contributed by atoms with van der Waals surface area (Å²) in [5, 5.41) is 0. The molecule has 0 fully saturated rings. The summed E-state index contributed by atoms with van der Waals surface area (Å²) in [6.45, 7) is 19.1. The van der Waals surface area contributed by atoms with E-state index in [-0.39, 0.29) is 16.5 Å². The molecule has 2 aromatic carbocycles. The Morgan fingerprint density at radius 2 is 0.776 bits per heavy atom. The van der Waals surface area contributed by atoms with Gasteiger partial charge in [0.1, 0.15) is 0 Å². The summed E-state index contributed by atoms with van der Waals surface area (Å²) in [6, 6.07) is 18.1. The van der Waals surface area contributed by atoms with Crippen molar-refractivity contribution in [3.05, 3.63) is 101 Å². The third-order valence-electron chi connectivity index (χ3n) is 9.46. The van der Waals surface area contributed by atoms with Crippen molar-refractivity contribution in [1.82, 2.24) is 0 Å². The first-order valence-electron chi connectivity index (χ1n) is 20.2. The second kappa shape index (κ2) is 30.8. The maximum atomic E-state index is 12.1. The molecule has 3 heteroatoms. The molecule has 2 aromatic rings. The minimum Gasteiger partial charge on any atom is -0.493 e. The first kappa shape index (κ1) is 47.0. The normalized spacial score (nSPS) is 12.4. The standard InChI is InChI=1S/C42H64N2.2C2H5.Ni/c1-5-9-13-14-15-16-17-18-19-22-32-40-39(31-12-8-4)41(37-29-23-27-35(33-37)25-20-10-6-2)44(43)42(40)38-30-24-28-36(34-38)26-21-11-7-3;2*1-2;/h23-24,27-30,33-34H,5-22,25-26,31-32H2,1-4H3;2*1H2,2H3;/q;2*-1;+2. The van der Waals surface area contributed by atoms with Gasteiger partial charge in [0.25, 0.3) is 0 Å². The molecule has 0 radical (unpaired) electrons. The molecule has 0 bridgehead atoms. The van der Waals surface area contributed by atoms with E-state index in [0.29, 0.717) is 0 Å². The van der Waals surface area contributed by atoms with Crippen molar-refractivity contribution < 1.29 is 21.2 Å². The van der Waals surface area contributed by atoms with Gasteiger partial charge in [-0.15, -0.1) is 0 Å². The van der Waals surface area contributed by atoms with Crippen molar-refractivity contribution in [2.24, 2.45) is 0 Å². The second-order valence-electron chi connectivity index (χ2n) is 13.3. The molecule has 0 spiro atoms. The number of aryl methyl sites for hydroxylation is 2. The third kappa shape index (κ3) is 17.2. The molecule has 3 rings (SSSR count). The molecule has 2 nitrogen and oxygen atoms in total. The van der Waals surface area contributed by atoms with Crippen LogP contribution in [0.4, 0.5) is 0 Å². The molecule has 1 aliphatic heterocycles. The van der Waals surface area contributed by atoms with Crippen molar-refractivity contribution >= 4 is 11.4 Å². The largest absolute Gasteiger partial charge is 2.00 e. The molecule has 0 aromatic heterocycles. The Morgan fingerprint density at radius 1 is 0.449 bits per heavy atom. The van der Waals surface area contributed by atoms with Gasteiger partial charge in [0.2, 0.25) is 11.4 Å². The number of unbranched alkanes of at least 4 members (excludes halogenated alkanes) is 14. The number of rotatable bonds is 24. The summed E-state index contributed by atoms with van der Waals surface area (Å²) >= 11 is 0. The van der Waals surface area contributed by atoms with Crippen molar-refractivity contribution in [2.75, 3.05) is 0 Å². The van der Waals surface area contributed by atoms with Gasteiger partial charge in [0.05, 0.1) is 0 Å². The molecule has 0 amide bonds. The van der Waals surface area contributed by atoms with E-state index in [9.17, 15) is 5.53 Å². The van der Waals surface area contributed by atoms with E-state index in [2.05, 4.69) is 90.1 Å². The van der Waals surface area contributed by atoms with E-state index in [1.807, 2.05) is 0 Å². The van der Waals surface area contributed by atoms with Crippen LogP contribution in [0.2, 0.25) is 0 Å². The van der Waals surface area contributed by atoms with Crippen LogP contribution in [0.15, 0.2) is 59.7 Å². The van der Waals surface area contributed by atoms with Crippen LogP contribution in [0, 0.1) is 13.8 Å². The molecule has 0 atom stereocenters. The average Bonchev–Trinajstić information content (AvgIpc) is 3.40. The van der Waals surface area contributed by atoms with Gasteiger partial charge in [-0.3, -0.25) is 0 Å². The molecule has 49 heavy (non-hydrogen) atoms. The molecular weight excluding hydrogens is 639 g/mol. The van der Waals surface area contributed by atoms with E-state index in [1.165, 1.54) is 136 Å². The summed E-state index contributed by atoms with van der Waals surface area (Å²) in [7, 11) is 0. The van der Waals surface area contributed by atoms with Gasteiger partial charge < -0.3 is 19.4 Å². The van der Waals surface area contributed by atoms with E-state index < -0.39 is 0 Å². The maximum absolute atomic E-state index is 12.1. The Labute approximate surface area is 315 Å². The molecule has 0 N–H and O–H groups in total. The fourth-order valence-corrected chi connectivity index (χ4v) is 6.83. The van der Waals surface area contributed by atoms with E-state index in [0.717, 1.165) is 49.9 Å². The summed E-state index contributed by atoms with van der Waals surface area (Å²) in [6.07, 6.45) is 27.5. The minimum absolute atomic E-state index is 0. The van der Waals surface area contributed by atoms with Gasteiger partial charge in [-0.25, -0.2) is 4.70 Å². The first-order chi connectivity index (χ1) is 23.6. The van der Waals surface area contributed by atoms with Crippen molar-refractivity contribution in [2.45, 2.75) is 183 Å². The minimum atomic E-state index is 0. The monoisotopic (exact) mass is 713 g/mol. The van der Waals surface area contributed by atoms with Crippen LogP contribution in [0.1, 0.15) is 192 Å². The van der Waals surface area contributed by atoms with Crippen LogP contribution in [0.5, 0.6) is 0 Å². The van der Waals surface area contributed by atoms with Crippen molar-refractivity contribution in [1.29, 1.82) is 0 Å². The number of hydrogen-bond donors (Lipinski definition) is 0. The predicted octanol–water partition coefficient (Wildman–Crippen LogP) is 15.5. The van der Waals surface area contributed by atoms with E-state index in [4.69, 9.17) is 0 Å². The molecule has 1 heterocycles. The van der Waals surface area contributed by atoms with Crippen molar-refractivity contribution in [3.8, 4) is 0 Å². The average molecular weight is 714 g/mol. The van der Waals surface area contributed by atoms with Crippen LogP contribution < -0.4 is 0 Å². The third-order valence-corrected chi connectivity index (χ3v) is 9.46. The Bertz CT molecular complexity index is 1190. The fourth-order valence-electron chi connectivity index (χ4n) is 6.83. The zero-order valence-electron chi connectivity index (χ0n) is 32.8. The van der Waals surface area contributed by atoms with E-state index >= 15 is 0 Å². The van der Waals surface area contributed by atoms with Gasteiger partial charge >= 0.3 is 16.5 Å². The molecule has 0 unspecified atom stereocenters. The molecular formula is C46H74N2Ni. The smallest absolute Gasteiger partial charge is 0.493 e. The van der Waals surface area contributed by atoms with Gasteiger partial charge in [-0.2, -0.15) is 13.8 Å². The summed E-state index contributed by atoms with van der Waals surface area (Å²) in [4.78, 5) is 0. The Kier molecular flexibility index (Phi) is 29.6. The first-order valence-corrected chi connectivity index (χ1v) is 20.2. The second-order valence-corrected chi connectivity index (χ2v) is 13.3. The number of allylic oxidation sites excluding steroid dienone is 2. The zero-order valence-corrected chi connectivity index (χ0v) is 33.8. The summed E-state index contributed by atoms with van der Waals surface area (Å²) in [5.41, 5.74) is 22.0. The molecule has 1 aliphatic rings. The van der Waals surface area contributed by atoms with Crippen LogP contribution in [-0.2, 0) is 29.3 Å². The van der Waals surface area contributed by atoms with Crippen LogP contribution in [0.25, 0.3) is 16.9 Å². The molecule has 0 aliphatic carbocycles. The van der Waals surface area contributed by atoms with Gasteiger partial charge in [0.15, 0.2) is 0 Å². The molecule has 0 saturated heterocycles. The number of nitrogens with zero attached hydrogens (tertiary/aromatic N) is 2. The Balaban J connectivity index is 0.00000444.